The molecule has 0 N–H and O–H groups in total. The zero-order valence-electron chi connectivity index (χ0n) is 17.8. The molecule has 0 fully saturated rings. The van der Waals surface area contributed by atoms with Gasteiger partial charge in [-0.3, -0.25) is 4.79 Å². The third kappa shape index (κ3) is 3.85. The van der Waals surface area contributed by atoms with Gasteiger partial charge in [-0.25, -0.2) is 9.97 Å². The standard InChI is InChI=1S/C24H18ClN5O3/c1-14-20(21(31)22-28-24(33-29-22)23-26-10-3-11-27-23)18-12-17(32-2)8-9-19(18)30(14)13-15-4-6-16(25)7-5-15/h3-12H,13H2,1-2H3. The van der Waals surface area contributed by atoms with E-state index in [1.165, 1.54) is 0 Å². The van der Waals surface area contributed by atoms with E-state index < -0.39 is 0 Å². The fourth-order valence-corrected chi connectivity index (χ4v) is 3.90. The molecule has 0 unspecified atom stereocenters. The summed E-state index contributed by atoms with van der Waals surface area (Å²) in [6, 6.07) is 14.9. The van der Waals surface area contributed by atoms with Crippen LogP contribution < -0.4 is 4.74 Å². The monoisotopic (exact) mass is 459 g/mol. The molecule has 0 aliphatic heterocycles. The maximum absolute atomic E-state index is 13.5. The van der Waals surface area contributed by atoms with E-state index in [1.54, 1.807) is 25.6 Å². The molecule has 5 rings (SSSR count). The lowest BCUT2D eigenvalue weighted by molar-refractivity contribution is 0.102. The average Bonchev–Trinajstić information content (AvgIpc) is 3.44. The van der Waals surface area contributed by atoms with Gasteiger partial charge >= 0.3 is 0 Å². The van der Waals surface area contributed by atoms with Gasteiger partial charge in [0.25, 0.3) is 5.89 Å². The summed E-state index contributed by atoms with van der Waals surface area (Å²) in [5, 5.41) is 5.31. The molecule has 3 aromatic heterocycles. The summed E-state index contributed by atoms with van der Waals surface area (Å²) in [6.45, 7) is 2.46. The van der Waals surface area contributed by atoms with Gasteiger partial charge in [0, 0.05) is 40.6 Å². The second kappa shape index (κ2) is 8.48. The summed E-state index contributed by atoms with van der Waals surface area (Å²) in [5.74, 6) is 0.568. The highest BCUT2D eigenvalue weighted by Gasteiger charge is 2.26. The molecule has 0 saturated carbocycles. The quantitative estimate of drug-likeness (QED) is 0.338. The lowest BCUT2D eigenvalue weighted by Crippen LogP contribution is -2.08. The topological polar surface area (TPSA) is 95.9 Å². The lowest BCUT2D eigenvalue weighted by Gasteiger charge is -2.09. The van der Waals surface area contributed by atoms with Gasteiger partial charge in [0.1, 0.15) is 5.75 Å². The molecule has 9 heteroatoms. The van der Waals surface area contributed by atoms with Gasteiger partial charge in [-0.2, -0.15) is 4.98 Å². The number of methoxy groups -OCH3 is 1. The van der Waals surface area contributed by atoms with Gasteiger partial charge in [0.15, 0.2) is 0 Å². The average molecular weight is 460 g/mol. The van der Waals surface area contributed by atoms with Crippen LogP contribution in [0.25, 0.3) is 22.6 Å². The van der Waals surface area contributed by atoms with Crippen molar-refractivity contribution in [2.24, 2.45) is 0 Å². The van der Waals surface area contributed by atoms with Crippen molar-refractivity contribution < 1.29 is 14.1 Å². The van der Waals surface area contributed by atoms with Crippen molar-refractivity contribution in [3.63, 3.8) is 0 Å². The van der Waals surface area contributed by atoms with Gasteiger partial charge in [-0.1, -0.05) is 28.9 Å². The van der Waals surface area contributed by atoms with E-state index in [0.29, 0.717) is 22.9 Å². The highest BCUT2D eigenvalue weighted by Crippen LogP contribution is 2.32. The molecule has 8 nitrogen and oxygen atoms in total. The van der Waals surface area contributed by atoms with Crippen LogP contribution in [-0.4, -0.2) is 37.6 Å². The summed E-state index contributed by atoms with van der Waals surface area (Å²) >= 11 is 6.04. The van der Waals surface area contributed by atoms with Crippen molar-refractivity contribution in [2.45, 2.75) is 13.5 Å². The summed E-state index contributed by atoms with van der Waals surface area (Å²) in [6.07, 6.45) is 3.13. The number of fused-ring (bicyclic) bond motifs is 1. The van der Waals surface area contributed by atoms with Crippen molar-refractivity contribution in [3.8, 4) is 17.5 Å². The Bertz CT molecular complexity index is 1460. The van der Waals surface area contributed by atoms with Crippen LogP contribution in [0.2, 0.25) is 5.02 Å². The Morgan fingerprint density at radius 2 is 1.88 bits per heavy atom. The van der Waals surface area contributed by atoms with Crippen LogP contribution in [0.3, 0.4) is 0 Å². The van der Waals surface area contributed by atoms with Gasteiger partial charge in [0.2, 0.25) is 17.4 Å². The molecule has 164 valence electrons. The SMILES string of the molecule is COc1ccc2c(c1)c(C(=O)c1noc(-c3ncccn3)n1)c(C)n2Cc1ccc(Cl)cc1. The van der Waals surface area contributed by atoms with Crippen molar-refractivity contribution in [1.29, 1.82) is 0 Å². The van der Waals surface area contributed by atoms with Crippen LogP contribution in [0.15, 0.2) is 65.4 Å². The molecule has 0 atom stereocenters. The summed E-state index contributed by atoms with van der Waals surface area (Å²) in [5.41, 5.74) is 3.21. The minimum absolute atomic E-state index is 0.0612. The molecule has 0 bridgehead atoms. The molecule has 0 radical (unpaired) electrons. The second-order valence-electron chi connectivity index (χ2n) is 7.38. The van der Waals surface area contributed by atoms with Gasteiger partial charge < -0.3 is 13.8 Å². The maximum Gasteiger partial charge on any atom is 0.296 e. The largest absolute Gasteiger partial charge is 0.497 e. The predicted molar refractivity (Wildman–Crippen MR) is 123 cm³/mol. The fourth-order valence-electron chi connectivity index (χ4n) is 3.78. The molecular formula is C24H18ClN5O3. The lowest BCUT2D eigenvalue weighted by atomic mass is 10.1. The van der Waals surface area contributed by atoms with Crippen LogP contribution >= 0.6 is 11.6 Å². The van der Waals surface area contributed by atoms with E-state index >= 15 is 0 Å². The first-order chi connectivity index (χ1) is 16.0. The number of hydrogen-bond donors (Lipinski definition) is 0. The molecular weight excluding hydrogens is 442 g/mol. The van der Waals surface area contributed by atoms with Crippen molar-refractivity contribution in [1.82, 2.24) is 24.7 Å². The predicted octanol–water partition coefficient (Wildman–Crippen LogP) is 4.73. The molecule has 0 saturated heterocycles. The molecule has 3 heterocycles. The van der Waals surface area contributed by atoms with E-state index in [4.69, 9.17) is 20.9 Å². The first kappa shape index (κ1) is 20.8. The highest BCUT2D eigenvalue weighted by molar-refractivity contribution is 6.30. The molecule has 0 amide bonds. The van der Waals surface area contributed by atoms with Crippen LogP contribution in [-0.2, 0) is 6.54 Å². The normalized spacial score (nSPS) is 11.1. The van der Waals surface area contributed by atoms with Crippen molar-refractivity contribution in [3.05, 3.63) is 88.6 Å². The minimum Gasteiger partial charge on any atom is -0.497 e. The van der Waals surface area contributed by atoms with E-state index in [2.05, 4.69) is 24.7 Å². The number of hydrogen-bond acceptors (Lipinski definition) is 7. The Hall–Kier alpha value is -4.04. The van der Waals surface area contributed by atoms with Crippen molar-refractivity contribution >= 4 is 28.3 Å². The Labute approximate surface area is 193 Å². The summed E-state index contributed by atoms with van der Waals surface area (Å²) in [7, 11) is 1.59. The molecule has 33 heavy (non-hydrogen) atoms. The van der Waals surface area contributed by atoms with Crippen LogP contribution in [0, 0.1) is 6.92 Å². The molecule has 0 spiro atoms. The smallest absolute Gasteiger partial charge is 0.296 e. The zero-order valence-corrected chi connectivity index (χ0v) is 18.6. The summed E-state index contributed by atoms with van der Waals surface area (Å²) in [4.78, 5) is 26.0. The number of aromatic nitrogens is 5. The number of carbonyl (C=O) groups is 1. The van der Waals surface area contributed by atoms with Crippen LogP contribution in [0.1, 0.15) is 27.4 Å². The highest BCUT2D eigenvalue weighted by atomic mass is 35.5. The number of carbonyl (C=O) groups excluding carboxylic acids is 1. The van der Waals surface area contributed by atoms with Gasteiger partial charge in [-0.15, -0.1) is 0 Å². The number of ether oxygens (including phenoxy) is 1. The zero-order chi connectivity index (χ0) is 22.9. The minimum atomic E-state index is -0.355. The number of nitrogens with zero attached hydrogens (tertiary/aromatic N) is 5. The number of ketones is 1. The van der Waals surface area contributed by atoms with Crippen molar-refractivity contribution in [2.75, 3.05) is 7.11 Å². The summed E-state index contributed by atoms with van der Waals surface area (Å²) < 4.78 is 12.7. The maximum atomic E-state index is 13.5. The molecule has 5 aromatic rings. The number of rotatable bonds is 6. The van der Waals surface area contributed by atoms with E-state index in [0.717, 1.165) is 22.2 Å². The van der Waals surface area contributed by atoms with Gasteiger partial charge in [-0.05, 0) is 48.9 Å². The third-order valence-corrected chi connectivity index (χ3v) is 5.65. The van der Waals surface area contributed by atoms with E-state index in [9.17, 15) is 4.79 Å². The van der Waals surface area contributed by atoms with Gasteiger partial charge in [0.05, 0.1) is 12.7 Å². The second-order valence-corrected chi connectivity index (χ2v) is 7.82. The molecule has 0 aliphatic carbocycles. The third-order valence-electron chi connectivity index (χ3n) is 5.40. The number of halogens is 1. The first-order valence-corrected chi connectivity index (χ1v) is 10.5. The first-order valence-electron chi connectivity index (χ1n) is 10.1. The fraction of sp³-hybridized carbons (Fsp3) is 0.125. The van der Waals surface area contributed by atoms with E-state index in [1.807, 2.05) is 49.4 Å². The Morgan fingerprint density at radius 1 is 1.12 bits per heavy atom. The Morgan fingerprint density at radius 3 is 2.61 bits per heavy atom. The molecule has 2 aromatic carbocycles. The van der Waals surface area contributed by atoms with Crippen LogP contribution in [0.5, 0.6) is 5.75 Å². The number of benzene rings is 2. The Balaban J connectivity index is 1.61. The Kier molecular flexibility index (Phi) is 5.35. The van der Waals surface area contributed by atoms with E-state index in [-0.39, 0.29) is 23.3 Å². The molecule has 0 aliphatic rings. The van der Waals surface area contributed by atoms with Crippen LogP contribution in [0.4, 0.5) is 0 Å².